The number of carbonyl (C=O) groups excluding carboxylic acids is 2. The number of para-hydroxylation sites is 2. The lowest BCUT2D eigenvalue weighted by atomic mass is 10.0. The molecule has 120 valence electrons. The molecule has 0 heterocycles. The summed E-state index contributed by atoms with van der Waals surface area (Å²) >= 11 is 0. The number of carbonyl (C=O) groups is 2. The van der Waals surface area contributed by atoms with E-state index < -0.39 is 0 Å². The molecule has 4 heteroatoms. The van der Waals surface area contributed by atoms with Crippen LogP contribution in [0.4, 0.5) is 11.4 Å². The largest absolute Gasteiger partial charge is 0.397 e. The molecule has 0 bridgehead atoms. The Kier molecular flexibility index (Phi) is 6.36. The van der Waals surface area contributed by atoms with Crippen LogP contribution in [0.2, 0.25) is 0 Å². The van der Waals surface area contributed by atoms with Crippen molar-refractivity contribution in [3.8, 4) is 0 Å². The van der Waals surface area contributed by atoms with E-state index in [9.17, 15) is 9.59 Å². The Labute approximate surface area is 136 Å². The minimum Gasteiger partial charge on any atom is -0.397 e. The zero-order chi connectivity index (χ0) is 16.5. The molecule has 1 amide bonds. The monoisotopic (exact) mass is 310 g/mol. The molecule has 0 fully saturated rings. The standard InChI is InChI=1S/C19H22N2O2/c20-17-11-5-6-12-18(17)21-19(23)13-7-4-10-16(22)14-15-8-2-1-3-9-15/h1-3,5-6,8-9,11-12H,4,7,10,13-14,20H2,(H,21,23). The van der Waals surface area contributed by atoms with Gasteiger partial charge in [0.25, 0.3) is 0 Å². The summed E-state index contributed by atoms with van der Waals surface area (Å²) in [5, 5.41) is 2.79. The van der Waals surface area contributed by atoms with Crippen molar-refractivity contribution in [1.29, 1.82) is 0 Å². The van der Waals surface area contributed by atoms with Crippen molar-refractivity contribution >= 4 is 23.1 Å². The zero-order valence-corrected chi connectivity index (χ0v) is 13.1. The lowest BCUT2D eigenvalue weighted by Crippen LogP contribution is -2.12. The van der Waals surface area contributed by atoms with Crippen LogP contribution < -0.4 is 11.1 Å². The number of nitrogen functional groups attached to an aromatic ring is 1. The van der Waals surface area contributed by atoms with Crippen LogP contribution in [-0.2, 0) is 16.0 Å². The van der Waals surface area contributed by atoms with Gasteiger partial charge in [-0.1, -0.05) is 42.5 Å². The van der Waals surface area contributed by atoms with Gasteiger partial charge in [0.2, 0.25) is 5.91 Å². The molecule has 23 heavy (non-hydrogen) atoms. The highest BCUT2D eigenvalue weighted by atomic mass is 16.1. The van der Waals surface area contributed by atoms with Crippen LogP contribution in [0.15, 0.2) is 54.6 Å². The second kappa shape index (κ2) is 8.73. The van der Waals surface area contributed by atoms with E-state index in [2.05, 4.69) is 5.32 Å². The minimum atomic E-state index is -0.0709. The number of rotatable bonds is 8. The van der Waals surface area contributed by atoms with Crippen LogP contribution >= 0.6 is 0 Å². The van der Waals surface area contributed by atoms with Crippen molar-refractivity contribution in [2.75, 3.05) is 11.1 Å². The van der Waals surface area contributed by atoms with Gasteiger partial charge in [-0.3, -0.25) is 9.59 Å². The van der Waals surface area contributed by atoms with Crippen LogP contribution in [0.25, 0.3) is 0 Å². The molecular weight excluding hydrogens is 288 g/mol. The summed E-state index contributed by atoms with van der Waals surface area (Å²) in [7, 11) is 0. The van der Waals surface area contributed by atoms with Crippen molar-refractivity contribution in [3.63, 3.8) is 0 Å². The second-order valence-corrected chi connectivity index (χ2v) is 5.54. The van der Waals surface area contributed by atoms with Crippen LogP contribution in [0.3, 0.4) is 0 Å². The molecule has 0 atom stereocenters. The van der Waals surface area contributed by atoms with Crippen LogP contribution in [0, 0.1) is 0 Å². The molecule has 0 aliphatic carbocycles. The maximum atomic E-state index is 11.9. The van der Waals surface area contributed by atoms with E-state index >= 15 is 0 Å². The predicted molar refractivity (Wildman–Crippen MR) is 93.1 cm³/mol. The topological polar surface area (TPSA) is 72.2 Å². The molecule has 0 aromatic heterocycles. The number of anilines is 2. The fourth-order valence-corrected chi connectivity index (χ4v) is 2.34. The smallest absolute Gasteiger partial charge is 0.224 e. The molecule has 0 radical (unpaired) electrons. The first-order valence-corrected chi connectivity index (χ1v) is 7.85. The molecule has 0 saturated heterocycles. The third kappa shape index (κ3) is 5.94. The number of amides is 1. The molecule has 0 unspecified atom stereocenters. The highest BCUT2D eigenvalue weighted by Crippen LogP contribution is 2.17. The van der Waals surface area contributed by atoms with Crippen molar-refractivity contribution in [2.45, 2.75) is 32.1 Å². The number of nitrogens with one attached hydrogen (secondary N) is 1. The van der Waals surface area contributed by atoms with Gasteiger partial charge in [0.05, 0.1) is 11.4 Å². The summed E-state index contributed by atoms with van der Waals surface area (Å²) in [4.78, 5) is 23.7. The Hall–Kier alpha value is -2.62. The summed E-state index contributed by atoms with van der Waals surface area (Å²) in [6, 6.07) is 16.9. The van der Waals surface area contributed by atoms with Crippen molar-refractivity contribution in [1.82, 2.24) is 0 Å². The zero-order valence-electron chi connectivity index (χ0n) is 13.1. The van der Waals surface area contributed by atoms with Crippen molar-refractivity contribution in [2.24, 2.45) is 0 Å². The van der Waals surface area contributed by atoms with Crippen LogP contribution in [0.5, 0.6) is 0 Å². The summed E-state index contributed by atoms with van der Waals surface area (Å²) in [5.41, 5.74) is 8.01. The van der Waals surface area contributed by atoms with Crippen molar-refractivity contribution < 1.29 is 9.59 Å². The van der Waals surface area contributed by atoms with E-state index in [1.54, 1.807) is 12.1 Å². The number of ketones is 1. The van der Waals surface area contributed by atoms with Gasteiger partial charge >= 0.3 is 0 Å². The van der Waals surface area contributed by atoms with Crippen molar-refractivity contribution in [3.05, 3.63) is 60.2 Å². The quantitative estimate of drug-likeness (QED) is 0.578. The Balaban J connectivity index is 1.64. The molecule has 4 nitrogen and oxygen atoms in total. The van der Waals surface area contributed by atoms with Gasteiger partial charge in [-0.05, 0) is 30.5 Å². The first-order chi connectivity index (χ1) is 11.1. The van der Waals surface area contributed by atoms with E-state index in [-0.39, 0.29) is 11.7 Å². The van der Waals surface area contributed by atoms with E-state index in [1.165, 1.54) is 0 Å². The van der Waals surface area contributed by atoms with E-state index in [0.717, 1.165) is 12.0 Å². The molecule has 0 spiro atoms. The lowest BCUT2D eigenvalue weighted by molar-refractivity contribution is -0.119. The van der Waals surface area contributed by atoms with Gasteiger partial charge in [0, 0.05) is 19.3 Å². The molecular formula is C19H22N2O2. The fourth-order valence-electron chi connectivity index (χ4n) is 2.34. The minimum absolute atomic E-state index is 0.0709. The number of nitrogens with two attached hydrogens (primary N) is 1. The van der Waals surface area contributed by atoms with E-state index in [1.807, 2.05) is 42.5 Å². The maximum absolute atomic E-state index is 11.9. The molecule has 0 saturated carbocycles. The Morgan fingerprint density at radius 2 is 1.52 bits per heavy atom. The van der Waals surface area contributed by atoms with Gasteiger partial charge in [0.15, 0.2) is 0 Å². The van der Waals surface area contributed by atoms with Crippen LogP contribution in [0.1, 0.15) is 31.2 Å². The second-order valence-electron chi connectivity index (χ2n) is 5.54. The average molecular weight is 310 g/mol. The third-order valence-electron chi connectivity index (χ3n) is 3.59. The van der Waals surface area contributed by atoms with Crippen LogP contribution in [-0.4, -0.2) is 11.7 Å². The number of unbranched alkanes of at least 4 members (excludes halogenated alkanes) is 1. The molecule has 2 aromatic rings. The predicted octanol–water partition coefficient (Wildman–Crippen LogP) is 3.58. The fraction of sp³-hybridized carbons (Fsp3) is 0.263. The summed E-state index contributed by atoms with van der Waals surface area (Å²) < 4.78 is 0. The number of benzene rings is 2. The SMILES string of the molecule is Nc1ccccc1NC(=O)CCCCC(=O)Cc1ccccc1. The van der Waals surface area contributed by atoms with E-state index in [4.69, 9.17) is 5.73 Å². The molecule has 2 rings (SSSR count). The summed E-state index contributed by atoms with van der Waals surface area (Å²) in [6.45, 7) is 0. The molecule has 0 aliphatic heterocycles. The number of Topliss-reactive ketones (excluding diaryl/α,β-unsaturated/α-hetero) is 1. The van der Waals surface area contributed by atoms with E-state index in [0.29, 0.717) is 37.1 Å². The molecule has 0 aliphatic rings. The van der Waals surface area contributed by atoms with Gasteiger partial charge in [-0.25, -0.2) is 0 Å². The lowest BCUT2D eigenvalue weighted by Gasteiger charge is -2.07. The highest BCUT2D eigenvalue weighted by Gasteiger charge is 2.07. The maximum Gasteiger partial charge on any atom is 0.224 e. The summed E-state index contributed by atoms with van der Waals surface area (Å²) in [6.07, 6.45) is 2.79. The Morgan fingerprint density at radius 3 is 2.26 bits per heavy atom. The summed E-state index contributed by atoms with van der Waals surface area (Å²) in [5.74, 6) is 0.141. The number of hydrogen-bond acceptors (Lipinski definition) is 3. The third-order valence-corrected chi connectivity index (χ3v) is 3.59. The highest BCUT2D eigenvalue weighted by molar-refractivity contribution is 5.93. The first-order valence-electron chi connectivity index (χ1n) is 7.85. The van der Waals surface area contributed by atoms with Gasteiger partial charge in [-0.2, -0.15) is 0 Å². The Morgan fingerprint density at radius 1 is 0.870 bits per heavy atom. The van der Waals surface area contributed by atoms with Gasteiger partial charge < -0.3 is 11.1 Å². The number of hydrogen-bond donors (Lipinski definition) is 2. The average Bonchev–Trinajstić information content (AvgIpc) is 2.55. The van der Waals surface area contributed by atoms with Gasteiger partial charge in [-0.15, -0.1) is 0 Å². The van der Waals surface area contributed by atoms with Gasteiger partial charge in [0.1, 0.15) is 5.78 Å². The normalized spacial score (nSPS) is 10.3. The Bertz CT molecular complexity index is 653. The molecule has 3 N–H and O–H groups in total. The first kappa shape index (κ1) is 16.7. The molecule has 2 aromatic carbocycles.